The predicted octanol–water partition coefficient (Wildman–Crippen LogP) is 3.27. The molecule has 6 rings (SSSR count). The van der Waals surface area contributed by atoms with E-state index in [1.165, 1.54) is 38.4 Å². The van der Waals surface area contributed by atoms with Gasteiger partial charge in [0.15, 0.2) is 5.65 Å². The summed E-state index contributed by atoms with van der Waals surface area (Å²) in [6, 6.07) is 3.45. The maximum Gasteiger partial charge on any atom is 0.330 e. The normalized spacial score (nSPS) is 23.0. The number of benzene rings is 1. The van der Waals surface area contributed by atoms with E-state index in [1.807, 2.05) is 0 Å². The van der Waals surface area contributed by atoms with Crippen LogP contribution in [0, 0.1) is 11.7 Å². The molecule has 0 amide bonds. The van der Waals surface area contributed by atoms with Crippen molar-refractivity contribution in [2.45, 2.75) is 18.6 Å². The van der Waals surface area contributed by atoms with Crippen LogP contribution in [0.3, 0.4) is 0 Å². The molecule has 2 aliphatic rings. The van der Waals surface area contributed by atoms with Gasteiger partial charge in [0.05, 0.1) is 29.2 Å². The van der Waals surface area contributed by atoms with Crippen molar-refractivity contribution in [2.24, 2.45) is 13.0 Å². The van der Waals surface area contributed by atoms with Crippen molar-refractivity contribution in [1.29, 1.82) is 0 Å². The summed E-state index contributed by atoms with van der Waals surface area (Å²) in [5.74, 6) is -2.40. The molecule has 2 unspecified atom stereocenters. The zero-order valence-electron chi connectivity index (χ0n) is 17.3. The average molecular weight is 454 g/mol. The van der Waals surface area contributed by atoms with Gasteiger partial charge in [-0.25, -0.2) is 27.9 Å². The summed E-state index contributed by atoms with van der Waals surface area (Å²) in [5, 5.41) is 0. The first kappa shape index (κ1) is 19.9. The summed E-state index contributed by atoms with van der Waals surface area (Å²) in [7, 11) is 1.57. The minimum atomic E-state index is -1.10. The largest absolute Gasteiger partial charge is 0.370 e. The summed E-state index contributed by atoms with van der Waals surface area (Å²) in [6.07, 6.45) is 4.26. The second kappa shape index (κ2) is 7.14. The monoisotopic (exact) mass is 454 g/mol. The highest BCUT2D eigenvalue weighted by Crippen LogP contribution is 2.42. The van der Waals surface area contributed by atoms with Crippen LogP contribution in [0.5, 0.6) is 0 Å². The Kier molecular flexibility index (Phi) is 4.31. The molecule has 0 saturated carbocycles. The fraction of sp³-hybridized carbons (Fsp3) is 0.273. The van der Waals surface area contributed by atoms with Crippen LogP contribution < -0.4 is 5.69 Å². The third-order valence-electron chi connectivity index (χ3n) is 6.32. The number of nitrogens with zero attached hydrogens (tertiary/aromatic N) is 6. The van der Waals surface area contributed by atoms with Gasteiger partial charge in [0, 0.05) is 19.7 Å². The first-order valence-electron chi connectivity index (χ1n) is 10.4. The van der Waals surface area contributed by atoms with Crippen molar-refractivity contribution in [3.8, 4) is 5.95 Å². The molecule has 3 atom stereocenters. The number of fused-ring (bicyclic) bond motifs is 3. The summed E-state index contributed by atoms with van der Waals surface area (Å²) >= 11 is 0. The van der Waals surface area contributed by atoms with Gasteiger partial charge in [0.25, 0.3) is 0 Å². The molecule has 33 heavy (non-hydrogen) atoms. The molecule has 1 aliphatic carbocycles. The Morgan fingerprint density at radius 2 is 1.91 bits per heavy atom. The highest BCUT2D eigenvalue weighted by molar-refractivity contribution is 5.77. The van der Waals surface area contributed by atoms with E-state index in [-0.39, 0.29) is 18.2 Å². The predicted molar refractivity (Wildman–Crippen MR) is 113 cm³/mol. The number of allylic oxidation sites excluding steroid dienone is 2. The summed E-state index contributed by atoms with van der Waals surface area (Å²) in [5.41, 5.74) is 1.28. The molecule has 1 saturated heterocycles. The van der Waals surface area contributed by atoms with Crippen LogP contribution in [0.1, 0.15) is 12.5 Å². The molecule has 3 aromatic heterocycles. The van der Waals surface area contributed by atoms with Gasteiger partial charge in [-0.3, -0.25) is 13.7 Å². The quantitative estimate of drug-likeness (QED) is 0.465. The maximum atomic E-state index is 14.8. The third-order valence-corrected chi connectivity index (χ3v) is 6.32. The summed E-state index contributed by atoms with van der Waals surface area (Å²) in [6.45, 7) is 0.159. The number of ether oxygens (including phenoxy) is 1. The van der Waals surface area contributed by atoms with Crippen LogP contribution in [0.2, 0.25) is 0 Å². The molecule has 4 heterocycles. The molecule has 4 aromatic rings. The highest BCUT2D eigenvalue weighted by atomic mass is 19.1. The minimum absolute atomic E-state index is 0.159. The molecular formula is C22H17F3N6O2. The van der Waals surface area contributed by atoms with Crippen molar-refractivity contribution in [3.05, 3.63) is 70.8 Å². The first-order chi connectivity index (χ1) is 15.9. The van der Waals surface area contributed by atoms with Crippen LogP contribution >= 0.6 is 0 Å². The fourth-order valence-corrected chi connectivity index (χ4v) is 4.72. The number of aryl methyl sites for hydroxylation is 1. The molecule has 0 radical (unpaired) electrons. The summed E-state index contributed by atoms with van der Waals surface area (Å²) < 4.78 is 52.8. The van der Waals surface area contributed by atoms with Crippen LogP contribution in [0.15, 0.2) is 59.3 Å². The van der Waals surface area contributed by atoms with Gasteiger partial charge in [-0.2, -0.15) is 4.98 Å². The number of rotatable bonds is 2. The van der Waals surface area contributed by atoms with Gasteiger partial charge in [-0.05, 0) is 30.7 Å². The Balaban J connectivity index is 1.55. The lowest BCUT2D eigenvalue weighted by atomic mass is 9.84. The van der Waals surface area contributed by atoms with Gasteiger partial charge in [-0.1, -0.05) is 0 Å². The number of halogens is 3. The zero-order valence-corrected chi connectivity index (χ0v) is 17.3. The van der Waals surface area contributed by atoms with Crippen molar-refractivity contribution < 1.29 is 17.9 Å². The highest BCUT2D eigenvalue weighted by Gasteiger charge is 2.43. The van der Waals surface area contributed by atoms with Crippen molar-refractivity contribution in [3.63, 3.8) is 0 Å². The van der Waals surface area contributed by atoms with E-state index < -0.39 is 41.2 Å². The number of hydrogen-bond donors (Lipinski definition) is 0. The van der Waals surface area contributed by atoms with E-state index in [0.29, 0.717) is 23.0 Å². The number of aromatic nitrogens is 6. The van der Waals surface area contributed by atoms with E-state index in [1.54, 1.807) is 13.1 Å². The molecule has 0 N–H and O–H groups in total. The standard InChI is InChI=1S/C22H17F3N6O2/c1-29-17-9-26-21(30-10-27-14-5-2-11(23)8-16(14)30)28-20(17)31(22(29)32)15-6-7-33-19-13(25)4-3-12(24)18(15)19/h2-5,8-10,15,18-19H,6-7H2,1H3/t15-,18?,19?/m1/s1. The van der Waals surface area contributed by atoms with E-state index in [9.17, 15) is 18.0 Å². The molecule has 1 aromatic carbocycles. The molecule has 0 bridgehead atoms. The molecule has 8 nitrogen and oxygen atoms in total. The lowest BCUT2D eigenvalue weighted by Gasteiger charge is -2.38. The van der Waals surface area contributed by atoms with Gasteiger partial charge in [0.2, 0.25) is 5.95 Å². The smallest absolute Gasteiger partial charge is 0.330 e. The first-order valence-corrected chi connectivity index (χ1v) is 10.4. The molecule has 1 fully saturated rings. The van der Waals surface area contributed by atoms with E-state index in [2.05, 4.69) is 15.0 Å². The Bertz CT molecular complexity index is 1550. The zero-order chi connectivity index (χ0) is 22.9. The van der Waals surface area contributed by atoms with Crippen molar-refractivity contribution in [2.75, 3.05) is 6.61 Å². The maximum absolute atomic E-state index is 14.8. The minimum Gasteiger partial charge on any atom is -0.370 e. The Morgan fingerprint density at radius 1 is 1.09 bits per heavy atom. The van der Waals surface area contributed by atoms with E-state index >= 15 is 0 Å². The topological polar surface area (TPSA) is 79.8 Å². The Morgan fingerprint density at radius 3 is 2.76 bits per heavy atom. The van der Waals surface area contributed by atoms with Crippen molar-refractivity contribution >= 4 is 22.2 Å². The Hall–Kier alpha value is -3.73. The molecule has 1 aliphatic heterocycles. The van der Waals surface area contributed by atoms with Crippen LogP contribution in [-0.4, -0.2) is 41.4 Å². The SMILES string of the molecule is Cn1c(=O)n([C@@H]2CCOC3C(F)=CC=C(F)C32)c2nc(-n3cnc4ccc(F)cc43)ncc21. The Labute approximate surface area is 184 Å². The molecule has 11 heteroatoms. The number of hydrogen-bond acceptors (Lipinski definition) is 5. The van der Waals surface area contributed by atoms with Gasteiger partial charge in [-0.15, -0.1) is 0 Å². The van der Waals surface area contributed by atoms with Gasteiger partial charge in [0.1, 0.15) is 35.4 Å². The second-order valence-corrected chi connectivity index (χ2v) is 8.11. The van der Waals surface area contributed by atoms with Crippen molar-refractivity contribution in [1.82, 2.24) is 28.7 Å². The molecular weight excluding hydrogens is 437 g/mol. The lowest BCUT2D eigenvalue weighted by molar-refractivity contribution is -0.0374. The van der Waals surface area contributed by atoms with Crippen LogP contribution in [0.25, 0.3) is 28.1 Å². The number of imidazole rings is 2. The van der Waals surface area contributed by atoms with Gasteiger partial charge < -0.3 is 4.74 Å². The van der Waals surface area contributed by atoms with Crippen LogP contribution in [0.4, 0.5) is 13.2 Å². The van der Waals surface area contributed by atoms with E-state index in [0.717, 1.165) is 12.2 Å². The lowest BCUT2D eigenvalue weighted by Crippen LogP contribution is -2.43. The van der Waals surface area contributed by atoms with Crippen LogP contribution in [-0.2, 0) is 11.8 Å². The summed E-state index contributed by atoms with van der Waals surface area (Å²) in [4.78, 5) is 26.4. The van der Waals surface area contributed by atoms with Gasteiger partial charge >= 0.3 is 5.69 Å². The average Bonchev–Trinajstić information content (AvgIpc) is 3.34. The molecule has 0 spiro atoms. The second-order valence-electron chi connectivity index (χ2n) is 8.11. The van der Waals surface area contributed by atoms with E-state index in [4.69, 9.17) is 4.74 Å². The fourth-order valence-electron chi connectivity index (χ4n) is 4.72. The third kappa shape index (κ3) is 2.88. The molecule has 168 valence electrons.